The van der Waals surface area contributed by atoms with E-state index in [0.717, 1.165) is 16.7 Å². The van der Waals surface area contributed by atoms with Crippen LogP contribution in [0.2, 0.25) is 0 Å². The van der Waals surface area contributed by atoms with E-state index in [-0.39, 0.29) is 37.1 Å². The first-order chi connectivity index (χ1) is 15.7. The van der Waals surface area contributed by atoms with E-state index in [0.29, 0.717) is 11.5 Å². The van der Waals surface area contributed by atoms with Gasteiger partial charge in [-0.15, -0.1) is 0 Å². The zero-order chi connectivity index (χ0) is 21.9. The molecule has 3 N–H and O–H groups in total. The van der Waals surface area contributed by atoms with Crippen molar-refractivity contribution >= 4 is 11.8 Å². The monoisotopic (exact) mass is 429 g/mol. The van der Waals surface area contributed by atoms with E-state index in [1.54, 1.807) is 0 Å². The maximum absolute atomic E-state index is 13.3. The second-order valence-corrected chi connectivity index (χ2v) is 7.84. The molecular weight excluding hydrogens is 406 g/mol. The van der Waals surface area contributed by atoms with Gasteiger partial charge in [-0.3, -0.25) is 15.0 Å². The molecule has 2 aliphatic rings. The molecule has 0 aromatic heterocycles. The number of nitrogens with one attached hydrogen (secondary N) is 3. The van der Waals surface area contributed by atoms with Gasteiger partial charge in [-0.2, -0.15) is 0 Å². The van der Waals surface area contributed by atoms with Crippen molar-refractivity contribution in [3.63, 3.8) is 0 Å². The van der Waals surface area contributed by atoms with Crippen LogP contribution >= 0.6 is 0 Å². The zero-order valence-corrected chi connectivity index (χ0v) is 17.3. The lowest BCUT2D eigenvalue weighted by Gasteiger charge is -2.38. The van der Waals surface area contributed by atoms with Gasteiger partial charge >= 0.3 is 0 Å². The first-order valence-electron chi connectivity index (χ1n) is 10.5. The number of rotatable bonds is 5. The van der Waals surface area contributed by atoms with Gasteiger partial charge in [0.05, 0.1) is 6.04 Å². The normalized spacial score (nSPS) is 21.6. The molecule has 0 radical (unpaired) electrons. The Balaban J connectivity index is 1.41. The second kappa shape index (κ2) is 8.72. The number of hydrogen-bond acceptors (Lipinski definition) is 5. The van der Waals surface area contributed by atoms with Crippen LogP contribution in [0.1, 0.15) is 28.7 Å². The van der Waals surface area contributed by atoms with Crippen molar-refractivity contribution in [3.8, 4) is 11.5 Å². The minimum Gasteiger partial charge on any atom is -0.454 e. The summed E-state index contributed by atoms with van der Waals surface area (Å²) in [7, 11) is 0. The van der Waals surface area contributed by atoms with E-state index in [1.165, 1.54) is 0 Å². The van der Waals surface area contributed by atoms with Crippen molar-refractivity contribution in [1.82, 2.24) is 16.2 Å². The van der Waals surface area contributed by atoms with Crippen molar-refractivity contribution in [3.05, 3.63) is 95.6 Å². The molecule has 3 atom stereocenters. The molecule has 0 saturated carbocycles. The maximum atomic E-state index is 13.3. The molecule has 2 heterocycles. The van der Waals surface area contributed by atoms with E-state index >= 15 is 0 Å². The number of hydrogen-bond donors (Lipinski definition) is 3. The Morgan fingerprint density at radius 1 is 0.906 bits per heavy atom. The molecule has 1 saturated heterocycles. The Bertz CT molecular complexity index is 1120. The summed E-state index contributed by atoms with van der Waals surface area (Å²) in [6.07, 6.45) is 0. The van der Waals surface area contributed by atoms with Crippen LogP contribution in [0, 0.1) is 5.92 Å². The fourth-order valence-electron chi connectivity index (χ4n) is 4.32. The topological polar surface area (TPSA) is 88.7 Å². The van der Waals surface area contributed by atoms with Crippen molar-refractivity contribution < 1.29 is 19.1 Å². The molecule has 32 heavy (non-hydrogen) atoms. The average Bonchev–Trinajstić information content (AvgIpc) is 3.31. The van der Waals surface area contributed by atoms with E-state index in [2.05, 4.69) is 16.2 Å². The standard InChI is InChI=1S/C25H23N3O4/c29-24(26-14-16-11-12-19-20(13-16)32-15-31-19)22-21(17-7-3-1-4-8-17)23(27-28-25(22)30)18-9-5-2-6-10-18/h1-13,21-23,27H,14-15H2,(H,26,29)(H,28,30). The predicted molar refractivity (Wildman–Crippen MR) is 118 cm³/mol. The number of carbonyl (C=O) groups is 2. The van der Waals surface area contributed by atoms with Crippen LogP contribution in [0.25, 0.3) is 0 Å². The summed E-state index contributed by atoms with van der Waals surface area (Å²) < 4.78 is 10.7. The Kier molecular flexibility index (Phi) is 5.47. The highest BCUT2D eigenvalue weighted by Gasteiger charge is 2.44. The number of benzene rings is 3. The Morgan fingerprint density at radius 2 is 1.59 bits per heavy atom. The molecule has 3 unspecified atom stereocenters. The third-order valence-electron chi connectivity index (χ3n) is 5.88. The Labute approximate surface area is 185 Å². The average molecular weight is 429 g/mol. The highest BCUT2D eigenvalue weighted by Crippen LogP contribution is 2.39. The largest absolute Gasteiger partial charge is 0.454 e. The summed E-state index contributed by atoms with van der Waals surface area (Å²) in [6.45, 7) is 0.476. The summed E-state index contributed by atoms with van der Waals surface area (Å²) >= 11 is 0. The van der Waals surface area contributed by atoms with Crippen LogP contribution in [0.4, 0.5) is 0 Å². The van der Waals surface area contributed by atoms with Gasteiger partial charge in [-0.1, -0.05) is 66.7 Å². The van der Waals surface area contributed by atoms with Gasteiger partial charge in [0.25, 0.3) is 0 Å². The summed E-state index contributed by atoms with van der Waals surface area (Å²) in [4.78, 5) is 26.2. The molecule has 2 amide bonds. The molecule has 3 aromatic carbocycles. The lowest BCUT2D eigenvalue weighted by atomic mass is 9.76. The molecule has 162 valence electrons. The third kappa shape index (κ3) is 3.90. The fourth-order valence-corrected chi connectivity index (χ4v) is 4.32. The van der Waals surface area contributed by atoms with Gasteiger partial charge in [-0.05, 0) is 28.8 Å². The first kappa shape index (κ1) is 20.1. The predicted octanol–water partition coefficient (Wildman–Crippen LogP) is 2.81. The SMILES string of the molecule is O=C(NCc1ccc2c(c1)OCO2)C1C(=O)NNC(c2ccccc2)C1c1ccccc1. The molecular formula is C25H23N3O4. The van der Waals surface area contributed by atoms with Gasteiger partial charge < -0.3 is 14.8 Å². The minimum atomic E-state index is -0.891. The van der Waals surface area contributed by atoms with Crippen LogP contribution < -0.4 is 25.6 Å². The molecule has 7 nitrogen and oxygen atoms in total. The fraction of sp³-hybridized carbons (Fsp3) is 0.200. The van der Waals surface area contributed by atoms with Gasteiger partial charge in [0.2, 0.25) is 18.6 Å². The minimum absolute atomic E-state index is 0.194. The number of ether oxygens (including phenoxy) is 2. The van der Waals surface area contributed by atoms with E-state index in [4.69, 9.17) is 9.47 Å². The summed E-state index contributed by atoms with van der Waals surface area (Å²) in [5.41, 5.74) is 8.60. The van der Waals surface area contributed by atoms with Crippen LogP contribution in [0.5, 0.6) is 11.5 Å². The lowest BCUT2D eigenvalue weighted by Crippen LogP contribution is -2.57. The molecule has 2 aliphatic heterocycles. The molecule has 0 spiro atoms. The summed E-state index contributed by atoms with van der Waals surface area (Å²) in [5.74, 6) is -0.594. The first-order valence-corrected chi connectivity index (χ1v) is 10.5. The number of carbonyl (C=O) groups excluding carboxylic acids is 2. The summed E-state index contributed by atoms with van der Waals surface area (Å²) in [5, 5.41) is 2.94. The molecule has 3 aromatic rings. The number of hydrazine groups is 1. The highest BCUT2D eigenvalue weighted by molar-refractivity contribution is 6.01. The van der Waals surface area contributed by atoms with Crippen molar-refractivity contribution in [1.29, 1.82) is 0 Å². The number of fused-ring (bicyclic) bond motifs is 1. The van der Waals surface area contributed by atoms with Gasteiger partial charge in [0.15, 0.2) is 11.5 Å². The second-order valence-electron chi connectivity index (χ2n) is 7.84. The van der Waals surface area contributed by atoms with Crippen LogP contribution in [-0.2, 0) is 16.1 Å². The van der Waals surface area contributed by atoms with E-state index < -0.39 is 5.92 Å². The lowest BCUT2D eigenvalue weighted by molar-refractivity contribution is -0.140. The van der Waals surface area contributed by atoms with Gasteiger partial charge in [0.1, 0.15) is 5.92 Å². The van der Waals surface area contributed by atoms with Crippen molar-refractivity contribution in [2.24, 2.45) is 5.92 Å². The Hall–Kier alpha value is -3.84. The Morgan fingerprint density at radius 3 is 2.34 bits per heavy atom. The number of amides is 2. The van der Waals surface area contributed by atoms with Crippen molar-refractivity contribution in [2.45, 2.75) is 18.5 Å². The maximum Gasteiger partial charge on any atom is 0.247 e. The highest BCUT2D eigenvalue weighted by atomic mass is 16.7. The van der Waals surface area contributed by atoms with Crippen LogP contribution in [0.3, 0.4) is 0 Å². The van der Waals surface area contributed by atoms with Crippen LogP contribution in [-0.4, -0.2) is 18.6 Å². The summed E-state index contributed by atoms with van der Waals surface area (Å²) in [6, 6.07) is 24.8. The van der Waals surface area contributed by atoms with Crippen LogP contribution in [0.15, 0.2) is 78.9 Å². The van der Waals surface area contributed by atoms with E-state index in [1.807, 2.05) is 78.9 Å². The smallest absolute Gasteiger partial charge is 0.247 e. The molecule has 5 rings (SSSR count). The van der Waals surface area contributed by atoms with Gasteiger partial charge in [-0.25, -0.2) is 5.43 Å². The molecule has 0 aliphatic carbocycles. The van der Waals surface area contributed by atoms with Crippen molar-refractivity contribution in [2.75, 3.05) is 6.79 Å². The van der Waals surface area contributed by atoms with Gasteiger partial charge in [0, 0.05) is 12.5 Å². The molecule has 1 fully saturated rings. The quantitative estimate of drug-likeness (QED) is 0.543. The molecule has 7 heteroatoms. The molecule has 0 bridgehead atoms. The third-order valence-corrected chi connectivity index (χ3v) is 5.88. The van der Waals surface area contributed by atoms with E-state index in [9.17, 15) is 9.59 Å². The zero-order valence-electron chi connectivity index (χ0n) is 17.3.